The van der Waals surface area contributed by atoms with Crippen LogP contribution in [0.4, 0.5) is 36.8 Å². The van der Waals surface area contributed by atoms with Gasteiger partial charge in [-0.2, -0.15) is 26.3 Å². The summed E-state index contributed by atoms with van der Waals surface area (Å²) in [7, 11) is -3.34. The second-order valence-corrected chi connectivity index (χ2v) is 10.8. The minimum Gasteiger partial charge on any atom is -0.426 e. The molecular formula is C21H28F6N4O4S. The molecule has 1 aromatic rings. The van der Waals surface area contributed by atoms with Crippen LogP contribution in [0.5, 0.6) is 0 Å². The van der Waals surface area contributed by atoms with E-state index in [0.717, 1.165) is 28.0 Å². The molecule has 0 aromatic heterocycles. The van der Waals surface area contributed by atoms with Gasteiger partial charge in [0.05, 0.1) is 6.26 Å². The fraction of sp³-hybridized carbons (Fsp3) is 0.667. The average molecular weight is 547 g/mol. The summed E-state index contributed by atoms with van der Waals surface area (Å²) in [5, 5.41) is 0. The van der Waals surface area contributed by atoms with Crippen molar-refractivity contribution in [3.63, 3.8) is 0 Å². The lowest BCUT2D eigenvalue weighted by Crippen LogP contribution is -2.52. The number of sulfonamides is 1. The number of anilines is 1. The molecule has 0 spiro atoms. The fourth-order valence-electron chi connectivity index (χ4n) is 4.30. The van der Waals surface area contributed by atoms with Crippen LogP contribution in [0.25, 0.3) is 0 Å². The number of alkyl halides is 6. The summed E-state index contributed by atoms with van der Waals surface area (Å²) in [5.74, 6) is 0. The number of benzene rings is 1. The molecule has 1 atom stereocenters. The summed E-state index contributed by atoms with van der Waals surface area (Å²) >= 11 is 0. The highest BCUT2D eigenvalue weighted by Crippen LogP contribution is 2.36. The number of aryl methyl sites for hydroxylation is 1. The van der Waals surface area contributed by atoms with Gasteiger partial charge in [0.2, 0.25) is 10.0 Å². The van der Waals surface area contributed by atoms with E-state index < -0.39 is 34.6 Å². The number of ether oxygens (including phenoxy) is 1. The zero-order valence-corrected chi connectivity index (χ0v) is 20.5. The first kappa shape index (κ1) is 28.3. The standard InChI is InChI=1S/C21H28F6N4O4S/c1-14-3-4-15(17(11-14)31-6-5-16(13-31)28-36(2,33)34)12-29-7-9-30(10-8-29)19(32)35-18(20(22,23)24)21(25,26)27/h3-4,11,16,18,28H,5-10,12-13H2,1-2H3/t16-/m1/s1. The Bertz CT molecular complexity index is 1030. The van der Waals surface area contributed by atoms with Crippen molar-refractivity contribution in [3.05, 3.63) is 29.3 Å². The van der Waals surface area contributed by atoms with Crippen molar-refractivity contribution in [2.24, 2.45) is 0 Å². The van der Waals surface area contributed by atoms with E-state index in [0.29, 0.717) is 26.1 Å². The molecule has 2 aliphatic heterocycles. The molecule has 2 aliphatic rings. The summed E-state index contributed by atoms with van der Waals surface area (Å²) in [6, 6.07) is 5.61. The molecule has 8 nitrogen and oxygen atoms in total. The maximum Gasteiger partial charge on any atom is 0.434 e. The molecule has 1 amide bonds. The van der Waals surface area contributed by atoms with Crippen LogP contribution in [0.2, 0.25) is 0 Å². The van der Waals surface area contributed by atoms with Gasteiger partial charge in [0, 0.05) is 57.5 Å². The van der Waals surface area contributed by atoms with E-state index in [9.17, 15) is 39.6 Å². The molecule has 0 bridgehead atoms. The lowest BCUT2D eigenvalue weighted by molar-refractivity contribution is -0.308. The molecule has 1 aromatic carbocycles. The van der Waals surface area contributed by atoms with Gasteiger partial charge in [-0.25, -0.2) is 17.9 Å². The zero-order chi connectivity index (χ0) is 26.9. The number of amides is 1. The van der Waals surface area contributed by atoms with Gasteiger partial charge in [0.1, 0.15) is 0 Å². The van der Waals surface area contributed by atoms with Gasteiger partial charge in [-0.1, -0.05) is 12.1 Å². The fourth-order valence-corrected chi connectivity index (χ4v) is 5.10. The first-order valence-electron chi connectivity index (χ1n) is 11.2. The Morgan fingerprint density at radius 1 is 1.08 bits per heavy atom. The maximum atomic E-state index is 12.7. The number of hydrogen-bond donors (Lipinski definition) is 1. The maximum absolute atomic E-state index is 12.7. The number of hydrogen-bond acceptors (Lipinski definition) is 6. The Kier molecular flexibility index (Phi) is 8.35. The number of halogens is 6. The van der Waals surface area contributed by atoms with Gasteiger partial charge in [0.15, 0.2) is 0 Å². The molecule has 3 rings (SSSR count). The van der Waals surface area contributed by atoms with E-state index in [4.69, 9.17) is 0 Å². The quantitative estimate of drug-likeness (QED) is 0.553. The second-order valence-electron chi connectivity index (χ2n) is 9.06. The molecule has 2 fully saturated rings. The molecule has 0 radical (unpaired) electrons. The smallest absolute Gasteiger partial charge is 0.426 e. The zero-order valence-electron chi connectivity index (χ0n) is 19.7. The SMILES string of the molecule is Cc1ccc(CN2CCN(C(=O)OC(C(F)(F)F)C(F)(F)F)CC2)c(N2CC[C@@H](NS(C)(=O)=O)C2)c1. The molecule has 36 heavy (non-hydrogen) atoms. The van der Waals surface area contributed by atoms with Crippen molar-refractivity contribution in [1.29, 1.82) is 0 Å². The van der Waals surface area contributed by atoms with Crippen LogP contribution in [-0.2, 0) is 21.3 Å². The summed E-state index contributed by atoms with van der Waals surface area (Å²) in [5.41, 5.74) is 2.86. The van der Waals surface area contributed by atoms with Gasteiger partial charge >= 0.3 is 18.4 Å². The molecule has 0 aliphatic carbocycles. The third kappa shape index (κ3) is 7.62. The minimum absolute atomic E-state index is 0.0907. The van der Waals surface area contributed by atoms with Crippen LogP contribution in [0, 0.1) is 6.92 Å². The molecule has 1 N–H and O–H groups in total. The van der Waals surface area contributed by atoms with E-state index in [2.05, 4.69) is 14.4 Å². The third-order valence-electron chi connectivity index (χ3n) is 5.99. The molecular weight excluding hydrogens is 518 g/mol. The molecule has 0 saturated carbocycles. The summed E-state index contributed by atoms with van der Waals surface area (Å²) in [6.45, 7) is 3.76. The molecule has 204 valence electrons. The van der Waals surface area contributed by atoms with Crippen molar-refractivity contribution in [3.8, 4) is 0 Å². The first-order valence-corrected chi connectivity index (χ1v) is 13.0. The Morgan fingerprint density at radius 2 is 1.69 bits per heavy atom. The van der Waals surface area contributed by atoms with Gasteiger partial charge < -0.3 is 14.5 Å². The third-order valence-corrected chi connectivity index (χ3v) is 6.75. The van der Waals surface area contributed by atoms with Crippen LogP contribution in [0.15, 0.2) is 18.2 Å². The van der Waals surface area contributed by atoms with Crippen molar-refractivity contribution in [2.75, 3.05) is 50.4 Å². The molecule has 0 unspecified atom stereocenters. The number of rotatable bonds is 6. The predicted molar refractivity (Wildman–Crippen MR) is 119 cm³/mol. The Hall–Kier alpha value is -2.26. The highest BCUT2D eigenvalue weighted by atomic mass is 32.2. The predicted octanol–water partition coefficient (Wildman–Crippen LogP) is 2.87. The lowest BCUT2D eigenvalue weighted by Gasteiger charge is -2.36. The van der Waals surface area contributed by atoms with Gasteiger partial charge in [-0.15, -0.1) is 0 Å². The Labute approximate surface area is 205 Å². The van der Waals surface area contributed by atoms with Crippen molar-refractivity contribution in [2.45, 2.75) is 44.4 Å². The largest absolute Gasteiger partial charge is 0.434 e. The van der Waals surface area contributed by atoms with Gasteiger partial charge in [0.25, 0.3) is 6.10 Å². The highest BCUT2D eigenvalue weighted by Gasteiger charge is 2.60. The van der Waals surface area contributed by atoms with E-state index >= 15 is 0 Å². The van der Waals surface area contributed by atoms with Crippen LogP contribution in [0.1, 0.15) is 17.5 Å². The number of piperazine rings is 1. The van der Waals surface area contributed by atoms with Crippen molar-refractivity contribution >= 4 is 21.8 Å². The van der Waals surface area contributed by atoms with E-state index in [-0.39, 0.29) is 32.2 Å². The van der Waals surface area contributed by atoms with Crippen LogP contribution in [0.3, 0.4) is 0 Å². The van der Waals surface area contributed by atoms with Crippen LogP contribution < -0.4 is 9.62 Å². The second kappa shape index (κ2) is 10.6. The summed E-state index contributed by atoms with van der Waals surface area (Å²) < 4.78 is 106. The topological polar surface area (TPSA) is 82.2 Å². The normalized spacial score (nSPS) is 20.3. The van der Waals surface area contributed by atoms with Crippen molar-refractivity contribution in [1.82, 2.24) is 14.5 Å². The van der Waals surface area contributed by atoms with E-state index in [1.807, 2.05) is 30.0 Å². The van der Waals surface area contributed by atoms with Gasteiger partial charge in [-0.3, -0.25) is 4.90 Å². The van der Waals surface area contributed by atoms with Crippen LogP contribution >= 0.6 is 0 Å². The van der Waals surface area contributed by atoms with E-state index in [1.54, 1.807) is 0 Å². The first-order chi connectivity index (χ1) is 16.5. The molecule has 15 heteroatoms. The Morgan fingerprint density at radius 3 is 2.25 bits per heavy atom. The highest BCUT2D eigenvalue weighted by molar-refractivity contribution is 7.88. The molecule has 2 heterocycles. The number of carbonyl (C=O) groups excluding carboxylic acids is 1. The number of nitrogens with zero attached hydrogens (tertiary/aromatic N) is 3. The monoisotopic (exact) mass is 546 g/mol. The summed E-state index contributed by atoms with van der Waals surface area (Å²) in [4.78, 5) is 16.8. The number of nitrogens with one attached hydrogen (secondary N) is 1. The summed E-state index contributed by atoms with van der Waals surface area (Å²) in [6.07, 6.45) is -15.6. The average Bonchev–Trinajstić information content (AvgIpc) is 3.18. The minimum atomic E-state index is -5.76. The number of carbonyl (C=O) groups is 1. The molecule has 2 saturated heterocycles. The van der Waals surface area contributed by atoms with Crippen LogP contribution in [-0.4, -0.2) is 94.3 Å². The van der Waals surface area contributed by atoms with E-state index in [1.165, 1.54) is 0 Å². The lowest BCUT2D eigenvalue weighted by atomic mass is 10.1. The van der Waals surface area contributed by atoms with Crippen molar-refractivity contribution < 1.29 is 44.3 Å². The van der Waals surface area contributed by atoms with Gasteiger partial charge in [-0.05, 0) is 30.5 Å². The Balaban J connectivity index is 1.60.